The maximum atomic E-state index is 10.4. The number of aryl methyl sites for hydroxylation is 1. The Morgan fingerprint density at radius 3 is 2.39 bits per heavy atom. The quantitative estimate of drug-likeness (QED) is 0.865. The van der Waals surface area contributed by atoms with Crippen LogP contribution in [0.25, 0.3) is 0 Å². The molecule has 2 unspecified atom stereocenters. The van der Waals surface area contributed by atoms with Crippen LogP contribution >= 0.6 is 11.6 Å². The highest BCUT2D eigenvalue weighted by atomic mass is 35.5. The van der Waals surface area contributed by atoms with E-state index in [2.05, 4.69) is 5.32 Å². The molecule has 3 nitrogen and oxygen atoms in total. The van der Waals surface area contributed by atoms with Crippen molar-refractivity contribution in [3.63, 3.8) is 0 Å². The van der Waals surface area contributed by atoms with Gasteiger partial charge in [-0.1, -0.05) is 25.4 Å². The minimum Gasteiger partial charge on any atom is -0.496 e. The highest BCUT2D eigenvalue weighted by Gasteiger charge is 2.22. The van der Waals surface area contributed by atoms with E-state index < -0.39 is 6.10 Å². The summed E-state index contributed by atoms with van der Waals surface area (Å²) in [5.74, 6) is 0.698. The van der Waals surface area contributed by atoms with Gasteiger partial charge in [-0.05, 0) is 31.5 Å². The van der Waals surface area contributed by atoms with E-state index in [4.69, 9.17) is 16.3 Å². The van der Waals surface area contributed by atoms with Crippen LogP contribution in [0.1, 0.15) is 38.0 Å². The molecule has 0 aliphatic carbocycles. The Balaban J connectivity index is 3.07. The number of nitrogens with one attached hydrogen (secondary N) is 1. The third-order valence-electron chi connectivity index (χ3n) is 2.86. The van der Waals surface area contributed by atoms with Crippen molar-refractivity contribution in [2.45, 2.75) is 45.9 Å². The van der Waals surface area contributed by atoms with Crippen molar-refractivity contribution in [1.82, 2.24) is 5.32 Å². The monoisotopic (exact) mass is 271 g/mol. The number of methoxy groups -OCH3 is 1. The topological polar surface area (TPSA) is 41.5 Å². The first-order valence-electron chi connectivity index (χ1n) is 6.15. The summed E-state index contributed by atoms with van der Waals surface area (Å²) < 4.78 is 5.36. The van der Waals surface area contributed by atoms with Gasteiger partial charge in [0.2, 0.25) is 0 Å². The summed E-state index contributed by atoms with van der Waals surface area (Å²) in [6, 6.07) is 3.82. The largest absolute Gasteiger partial charge is 0.496 e. The molecule has 0 aliphatic rings. The van der Waals surface area contributed by atoms with E-state index in [1.165, 1.54) is 0 Å². The fourth-order valence-electron chi connectivity index (χ4n) is 2.14. The number of hydrogen-bond acceptors (Lipinski definition) is 3. The molecule has 2 atom stereocenters. The molecule has 1 aromatic carbocycles. The smallest absolute Gasteiger partial charge is 0.127 e. The number of rotatable bonds is 5. The molecule has 0 amide bonds. The lowest BCUT2D eigenvalue weighted by Crippen LogP contribution is -2.37. The fourth-order valence-corrected chi connectivity index (χ4v) is 2.42. The van der Waals surface area contributed by atoms with Gasteiger partial charge in [0.1, 0.15) is 5.75 Å². The minimum atomic E-state index is -0.653. The number of aliphatic hydroxyl groups is 1. The van der Waals surface area contributed by atoms with Crippen LogP contribution in [-0.2, 0) is 0 Å². The molecule has 1 aromatic rings. The van der Waals surface area contributed by atoms with Crippen LogP contribution in [-0.4, -0.2) is 24.3 Å². The second-order valence-electron chi connectivity index (χ2n) is 4.90. The van der Waals surface area contributed by atoms with Crippen LogP contribution in [0.5, 0.6) is 5.75 Å². The normalized spacial score (nSPS) is 14.7. The van der Waals surface area contributed by atoms with E-state index in [9.17, 15) is 5.11 Å². The number of aliphatic hydroxyl groups excluding tert-OH is 1. The van der Waals surface area contributed by atoms with Gasteiger partial charge in [0.15, 0.2) is 0 Å². The summed E-state index contributed by atoms with van der Waals surface area (Å²) in [5.41, 5.74) is 1.65. The molecule has 1 rings (SSSR count). The Morgan fingerprint density at radius 1 is 1.28 bits per heavy atom. The first kappa shape index (κ1) is 15.3. The molecule has 0 bridgehead atoms. The maximum Gasteiger partial charge on any atom is 0.127 e. The van der Waals surface area contributed by atoms with E-state index in [0.717, 1.165) is 11.1 Å². The Hall–Kier alpha value is -0.770. The average molecular weight is 272 g/mol. The van der Waals surface area contributed by atoms with Crippen LogP contribution in [0.15, 0.2) is 12.1 Å². The highest BCUT2D eigenvalue weighted by molar-refractivity contribution is 6.30. The predicted molar refractivity (Wildman–Crippen MR) is 75.4 cm³/mol. The van der Waals surface area contributed by atoms with Crippen LogP contribution in [0.3, 0.4) is 0 Å². The Morgan fingerprint density at radius 2 is 1.89 bits per heavy atom. The molecular weight excluding hydrogens is 250 g/mol. The van der Waals surface area contributed by atoms with E-state index in [-0.39, 0.29) is 6.04 Å². The first-order chi connectivity index (χ1) is 8.36. The molecule has 0 aromatic heterocycles. The summed E-state index contributed by atoms with van der Waals surface area (Å²) >= 11 is 6.05. The Labute approximate surface area is 114 Å². The van der Waals surface area contributed by atoms with Gasteiger partial charge in [-0.25, -0.2) is 0 Å². The zero-order valence-corrected chi connectivity index (χ0v) is 12.4. The SMILES string of the molecule is COc1c(C)cc(Cl)cc1C(O)C(C)NC(C)C. The first-order valence-corrected chi connectivity index (χ1v) is 6.52. The van der Waals surface area contributed by atoms with Crippen molar-refractivity contribution in [2.75, 3.05) is 7.11 Å². The molecule has 0 fully saturated rings. The van der Waals surface area contributed by atoms with Crippen molar-refractivity contribution < 1.29 is 9.84 Å². The van der Waals surface area contributed by atoms with Gasteiger partial charge in [0, 0.05) is 22.7 Å². The maximum absolute atomic E-state index is 10.4. The van der Waals surface area contributed by atoms with Crippen molar-refractivity contribution in [3.05, 3.63) is 28.3 Å². The van der Waals surface area contributed by atoms with Gasteiger partial charge in [0.25, 0.3) is 0 Å². The molecule has 0 spiro atoms. The summed E-state index contributed by atoms with van der Waals surface area (Å²) in [4.78, 5) is 0. The summed E-state index contributed by atoms with van der Waals surface area (Å²) in [6.45, 7) is 7.95. The number of halogens is 1. The molecule has 0 radical (unpaired) electrons. The summed E-state index contributed by atoms with van der Waals surface area (Å²) in [5, 5.41) is 14.3. The van der Waals surface area contributed by atoms with Crippen molar-refractivity contribution in [1.29, 1.82) is 0 Å². The minimum absolute atomic E-state index is 0.0724. The molecule has 0 saturated carbocycles. The molecule has 102 valence electrons. The van der Waals surface area contributed by atoms with E-state index in [0.29, 0.717) is 16.8 Å². The van der Waals surface area contributed by atoms with Gasteiger partial charge in [-0.15, -0.1) is 0 Å². The third kappa shape index (κ3) is 3.61. The molecule has 2 N–H and O–H groups in total. The fraction of sp³-hybridized carbons (Fsp3) is 0.571. The van der Waals surface area contributed by atoms with Gasteiger partial charge >= 0.3 is 0 Å². The van der Waals surface area contributed by atoms with Crippen molar-refractivity contribution >= 4 is 11.6 Å². The Bertz CT molecular complexity index is 407. The molecule has 0 aliphatic heterocycles. The van der Waals surface area contributed by atoms with Crippen LogP contribution in [0.4, 0.5) is 0 Å². The number of benzene rings is 1. The molecule has 0 heterocycles. The summed E-state index contributed by atoms with van der Waals surface area (Å²) in [6.07, 6.45) is -0.653. The lowest BCUT2D eigenvalue weighted by Gasteiger charge is -2.25. The van der Waals surface area contributed by atoms with Gasteiger partial charge < -0.3 is 15.2 Å². The van der Waals surface area contributed by atoms with Gasteiger partial charge in [0.05, 0.1) is 13.2 Å². The Kier molecular flexibility index (Phi) is 5.45. The third-order valence-corrected chi connectivity index (χ3v) is 3.08. The predicted octanol–water partition coefficient (Wildman–Crippen LogP) is 3.08. The molecule has 0 saturated heterocycles. The zero-order valence-electron chi connectivity index (χ0n) is 11.6. The lowest BCUT2D eigenvalue weighted by atomic mass is 9.99. The van der Waals surface area contributed by atoms with Crippen molar-refractivity contribution in [2.24, 2.45) is 0 Å². The second kappa shape index (κ2) is 6.41. The average Bonchev–Trinajstić information content (AvgIpc) is 2.26. The van der Waals surface area contributed by atoms with Gasteiger partial charge in [-0.2, -0.15) is 0 Å². The number of hydrogen-bond donors (Lipinski definition) is 2. The standard InChI is InChI=1S/C14H22ClNO2/c1-8(2)16-10(4)13(17)12-7-11(15)6-9(3)14(12)18-5/h6-8,10,13,16-17H,1-5H3. The van der Waals surface area contributed by atoms with Crippen LogP contribution < -0.4 is 10.1 Å². The molecule has 4 heteroatoms. The van der Waals surface area contributed by atoms with Crippen molar-refractivity contribution in [3.8, 4) is 5.75 Å². The zero-order chi connectivity index (χ0) is 13.9. The summed E-state index contributed by atoms with van der Waals surface area (Å²) in [7, 11) is 1.60. The second-order valence-corrected chi connectivity index (χ2v) is 5.34. The van der Waals surface area contributed by atoms with E-state index >= 15 is 0 Å². The lowest BCUT2D eigenvalue weighted by molar-refractivity contribution is 0.128. The highest BCUT2D eigenvalue weighted by Crippen LogP contribution is 2.33. The van der Waals surface area contributed by atoms with E-state index in [1.54, 1.807) is 13.2 Å². The molecule has 18 heavy (non-hydrogen) atoms. The van der Waals surface area contributed by atoms with Crippen LogP contribution in [0.2, 0.25) is 5.02 Å². The molecular formula is C14H22ClNO2. The number of ether oxygens (including phenoxy) is 1. The van der Waals surface area contributed by atoms with Crippen LogP contribution in [0, 0.1) is 6.92 Å². The van der Waals surface area contributed by atoms with E-state index in [1.807, 2.05) is 33.8 Å². The van der Waals surface area contributed by atoms with Gasteiger partial charge in [-0.3, -0.25) is 0 Å².